The Hall–Kier alpha value is -2.10. The molecule has 3 rings (SSSR count). The molecule has 1 heterocycles. The quantitative estimate of drug-likeness (QED) is 0.134. The van der Waals surface area contributed by atoms with Gasteiger partial charge in [-0.2, -0.15) is 0 Å². The number of benzene rings is 2. The fraction of sp³-hybridized carbons (Fsp3) is 0.391. The van der Waals surface area contributed by atoms with Crippen molar-refractivity contribution in [2.24, 2.45) is 5.11 Å². The molecule has 1 aromatic heterocycles. The molecule has 0 fully saturated rings. The van der Waals surface area contributed by atoms with E-state index >= 15 is 0 Å². The lowest BCUT2D eigenvalue weighted by Crippen LogP contribution is -2.41. The molecule has 0 amide bonds. The van der Waals surface area contributed by atoms with Crippen molar-refractivity contribution in [3.05, 3.63) is 74.7 Å². The van der Waals surface area contributed by atoms with E-state index in [2.05, 4.69) is 59.8 Å². The number of aromatic nitrogens is 1. The SMILES string of the molecule is Cc1ccc(S(=O)(=O)n2cc([C@H](CO[Si](C)(C)C(C)(C)C)N=[N+]=[N-])c3ccc(Br)cc32)cc1. The predicted octanol–water partition coefficient (Wildman–Crippen LogP) is 7.32. The maximum atomic E-state index is 13.5. The summed E-state index contributed by atoms with van der Waals surface area (Å²) in [5, 5.41) is 4.68. The fourth-order valence-corrected chi connectivity index (χ4v) is 5.96. The van der Waals surface area contributed by atoms with Crippen molar-refractivity contribution in [1.82, 2.24) is 3.97 Å². The van der Waals surface area contributed by atoms with Crippen LogP contribution in [0.3, 0.4) is 0 Å². The first kappa shape index (κ1) is 25.5. The van der Waals surface area contributed by atoms with Crippen LogP contribution >= 0.6 is 15.9 Å². The van der Waals surface area contributed by atoms with Gasteiger partial charge in [0.15, 0.2) is 8.32 Å². The standard InChI is InChI=1S/C23H29BrN4O3SSi/c1-16-7-10-18(11-8-16)32(29,30)28-14-20(19-12-9-17(24)13-22(19)28)21(26-27-25)15-31-33(5,6)23(2,3)4/h7-14,21H,15H2,1-6H3/t21-/m0/s1. The Balaban J connectivity index is 2.15. The summed E-state index contributed by atoms with van der Waals surface area (Å²) >= 11 is 3.45. The molecule has 0 saturated carbocycles. The molecule has 3 aromatic rings. The van der Waals surface area contributed by atoms with Crippen molar-refractivity contribution in [3.8, 4) is 0 Å². The maximum Gasteiger partial charge on any atom is 0.268 e. The molecule has 0 unspecified atom stereocenters. The molecule has 0 spiro atoms. The number of hydrogen-bond donors (Lipinski definition) is 0. The second kappa shape index (κ2) is 9.27. The van der Waals surface area contributed by atoms with Crippen LogP contribution in [0.15, 0.2) is 63.1 Å². The minimum absolute atomic E-state index is 0.0124. The zero-order chi connectivity index (χ0) is 24.6. The maximum absolute atomic E-state index is 13.5. The third-order valence-corrected chi connectivity index (χ3v) is 13.0. The van der Waals surface area contributed by atoms with Crippen molar-refractivity contribution in [3.63, 3.8) is 0 Å². The number of hydrogen-bond acceptors (Lipinski definition) is 4. The van der Waals surface area contributed by atoms with Gasteiger partial charge in [-0.05, 0) is 60.4 Å². The van der Waals surface area contributed by atoms with Gasteiger partial charge < -0.3 is 4.43 Å². The van der Waals surface area contributed by atoms with Crippen molar-refractivity contribution >= 4 is 45.2 Å². The molecule has 0 N–H and O–H groups in total. The largest absolute Gasteiger partial charge is 0.416 e. The summed E-state index contributed by atoms with van der Waals surface area (Å²) in [5.41, 5.74) is 11.3. The molecule has 0 radical (unpaired) electrons. The lowest BCUT2D eigenvalue weighted by atomic mass is 10.1. The van der Waals surface area contributed by atoms with Crippen LogP contribution in [0.25, 0.3) is 21.3 Å². The molecule has 176 valence electrons. The van der Waals surface area contributed by atoms with Gasteiger partial charge in [0, 0.05) is 27.6 Å². The molecule has 2 aromatic carbocycles. The molecule has 10 heteroatoms. The third-order valence-electron chi connectivity index (χ3n) is 6.30. The van der Waals surface area contributed by atoms with E-state index in [1.165, 1.54) is 3.97 Å². The molecule has 7 nitrogen and oxygen atoms in total. The van der Waals surface area contributed by atoms with E-state index in [0.717, 1.165) is 10.0 Å². The van der Waals surface area contributed by atoms with Crippen molar-refractivity contribution < 1.29 is 12.8 Å². The van der Waals surface area contributed by atoms with Gasteiger partial charge in [0.05, 0.1) is 16.5 Å². The first-order chi connectivity index (χ1) is 15.3. The summed E-state index contributed by atoms with van der Waals surface area (Å²) < 4.78 is 35.4. The lowest BCUT2D eigenvalue weighted by Gasteiger charge is -2.36. The van der Waals surface area contributed by atoms with Crippen LogP contribution in [-0.4, -0.2) is 27.3 Å². The zero-order valence-electron chi connectivity index (χ0n) is 19.7. The van der Waals surface area contributed by atoms with E-state index in [0.29, 0.717) is 16.5 Å². The van der Waals surface area contributed by atoms with Gasteiger partial charge in [-0.1, -0.05) is 65.6 Å². The zero-order valence-corrected chi connectivity index (χ0v) is 23.1. The van der Waals surface area contributed by atoms with Crippen molar-refractivity contribution in [2.75, 3.05) is 6.61 Å². The van der Waals surface area contributed by atoms with E-state index < -0.39 is 24.4 Å². The molecule has 0 saturated heterocycles. The highest BCUT2D eigenvalue weighted by Gasteiger charge is 2.38. The van der Waals surface area contributed by atoms with Crippen LogP contribution < -0.4 is 0 Å². The Morgan fingerprint density at radius 1 is 1.18 bits per heavy atom. The monoisotopic (exact) mass is 548 g/mol. The van der Waals surface area contributed by atoms with Gasteiger partial charge in [-0.3, -0.25) is 0 Å². The fourth-order valence-electron chi connectivity index (χ4n) is 3.24. The van der Waals surface area contributed by atoms with Crippen LogP contribution in [0.4, 0.5) is 0 Å². The van der Waals surface area contributed by atoms with Gasteiger partial charge in [-0.15, -0.1) is 0 Å². The van der Waals surface area contributed by atoms with E-state index in [-0.39, 0.29) is 16.5 Å². The Morgan fingerprint density at radius 3 is 2.39 bits per heavy atom. The highest BCUT2D eigenvalue weighted by atomic mass is 79.9. The average Bonchev–Trinajstić information content (AvgIpc) is 3.10. The van der Waals surface area contributed by atoms with Crippen LogP contribution in [0.5, 0.6) is 0 Å². The average molecular weight is 550 g/mol. The number of aryl methyl sites for hydroxylation is 1. The highest BCUT2D eigenvalue weighted by molar-refractivity contribution is 9.10. The van der Waals surface area contributed by atoms with Gasteiger partial charge in [0.25, 0.3) is 10.0 Å². The number of nitrogens with zero attached hydrogens (tertiary/aromatic N) is 4. The lowest BCUT2D eigenvalue weighted by molar-refractivity contribution is 0.265. The first-order valence-corrected chi connectivity index (χ1v) is 15.7. The van der Waals surface area contributed by atoms with Gasteiger partial charge in [0.1, 0.15) is 0 Å². The van der Waals surface area contributed by atoms with Gasteiger partial charge in [0.2, 0.25) is 0 Å². The minimum atomic E-state index is -3.86. The third kappa shape index (κ3) is 5.20. The second-order valence-corrected chi connectivity index (χ2v) is 17.2. The van der Waals surface area contributed by atoms with E-state index in [1.807, 2.05) is 19.1 Å². The second-order valence-electron chi connectivity index (χ2n) is 9.65. The molecular formula is C23H29BrN4O3SSi. The number of azide groups is 1. The molecule has 0 aliphatic heterocycles. The number of rotatable bonds is 7. The minimum Gasteiger partial charge on any atom is -0.416 e. The molecule has 0 bridgehead atoms. The van der Waals surface area contributed by atoms with Gasteiger partial charge in [-0.25, -0.2) is 12.4 Å². The number of fused-ring (bicyclic) bond motifs is 1. The summed E-state index contributed by atoms with van der Waals surface area (Å²) in [6.45, 7) is 12.8. The Kier molecular flexibility index (Phi) is 7.17. The predicted molar refractivity (Wildman–Crippen MR) is 138 cm³/mol. The van der Waals surface area contributed by atoms with E-state index in [9.17, 15) is 13.9 Å². The molecule has 33 heavy (non-hydrogen) atoms. The van der Waals surface area contributed by atoms with Crippen LogP contribution in [0, 0.1) is 6.92 Å². The summed E-state index contributed by atoms with van der Waals surface area (Å²) in [7, 11) is -5.97. The highest BCUT2D eigenvalue weighted by Crippen LogP contribution is 2.39. The summed E-state index contributed by atoms with van der Waals surface area (Å²) in [6.07, 6.45) is 1.56. The van der Waals surface area contributed by atoms with E-state index in [4.69, 9.17) is 4.43 Å². The summed E-state index contributed by atoms with van der Waals surface area (Å²) in [4.78, 5) is 3.22. The molecule has 0 aliphatic carbocycles. The molecular weight excluding hydrogens is 520 g/mol. The van der Waals surface area contributed by atoms with E-state index in [1.54, 1.807) is 36.5 Å². The smallest absolute Gasteiger partial charge is 0.268 e. The normalized spacial score (nSPS) is 13.7. The Morgan fingerprint density at radius 2 is 1.82 bits per heavy atom. The van der Waals surface area contributed by atoms with Crippen molar-refractivity contribution in [2.45, 2.75) is 56.8 Å². The van der Waals surface area contributed by atoms with Gasteiger partial charge >= 0.3 is 0 Å². The summed E-state index contributed by atoms with van der Waals surface area (Å²) in [6, 6.07) is 11.5. The molecule has 0 aliphatic rings. The van der Waals surface area contributed by atoms with Crippen LogP contribution in [0.2, 0.25) is 18.1 Å². The summed E-state index contributed by atoms with van der Waals surface area (Å²) in [5.74, 6) is 0. The number of halogens is 1. The topological polar surface area (TPSA) is 97.1 Å². The van der Waals surface area contributed by atoms with Crippen LogP contribution in [0.1, 0.15) is 37.9 Å². The first-order valence-electron chi connectivity index (χ1n) is 10.6. The molecule has 1 atom stereocenters. The van der Waals surface area contributed by atoms with Crippen molar-refractivity contribution in [1.29, 1.82) is 0 Å². The Labute approximate surface area is 204 Å². The van der Waals surface area contributed by atoms with Crippen LogP contribution in [-0.2, 0) is 14.4 Å². The Bertz CT molecular complexity index is 1320.